The van der Waals surface area contributed by atoms with E-state index in [9.17, 15) is 19.1 Å². The van der Waals surface area contributed by atoms with Gasteiger partial charge in [0.05, 0.1) is 6.10 Å². The normalized spacial score (nSPS) is 31.8. The van der Waals surface area contributed by atoms with Gasteiger partial charge in [-0.3, -0.25) is 14.3 Å². The first-order valence-corrected chi connectivity index (χ1v) is 5.99. The highest BCUT2D eigenvalue weighted by Crippen LogP contribution is 2.31. The molecule has 18 heavy (non-hydrogen) atoms. The van der Waals surface area contributed by atoms with Gasteiger partial charge >= 0.3 is 5.69 Å². The van der Waals surface area contributed by atoms with Crippen LogP contribution in [0.3, 0.4) is 0 Å². The van der Waals surface area contributed by atoms with Crippen LogP contribution >= 0.6 is 12.6 Å². The van der Waals surface area contributed by atoms with Crippen LogP contribution in [0.15, 0.2) is 15.8 Å². The number of nitrogens with one attached hydrogen (secondary N) is 1. The van der Waals surface area contributed by atoms with Crippen molar-refractivity contribution < 1.29 is 14.2 Å². The topological polar surface area (TPSA) is 84.3 Å². The number of H-pyrrole nitrogens is 1. The molecule has 4 atom stereocenters. The third kappa shape index (κ3) is 2.11. The van der Waals surface area contributed by atoms with Gasteiger partial charge in [-0.2, -0.15) is 12.6 Å². The number of hydrogen-bond donors (Lipinski definition) is 3. The number of rotatable bonds is 2. The van der Waals surface area contributed by atoms with Crippen molar-refractivity contribution in [2.75, 3.05) is 5.75 Å². The second kappa shape index (κ2) is 4.87. The third-order valence-corrected chi connectivity index (χ3v) is 3.25. The van der Waals surface area contributed by atoms with Crippen molar-refractivity contribution in [2.45, 2.75) is 31.5 Å². The Hall–Kier alpha value is -1.12. The Labute approximate surface area is 107 Å². The summed E-state index contributed by atoms with van der Waals surface area (Å²) in [5.41, 5.74) is -1.05. The number of aliphatic hydroxyl groups is 1. The molecule has 2 heterocycles. The minimum absolute atomic E-state index is 0.134. The fourth-order valence-electron chi connectivity index (χ4n) is 1.85. The van der Waals surface area contributed by atoms with Crippen molar-refractivity contribution in [3.63, 3.8) is 0 Å². The highest BCUT2D eigenvalue weighted by molar-refractivity contribution is 7.80. The van der Waals surface area contributed by atoms with Gasteiger partial charge in [0.1, 0.15) is 6.10 Å². The lowest BCUT2D eigenvalue weighted by Crippen LogP contribution is -2.36. The molecule has 1 aromatic heterocycles. The zero-order chi connectivity index (χ0) is 13.4. The van der Waals surface area contributed by atoms with E-state index in [4.69, 9.17) is 4.74 Å². The molecule has 0 saturated carbocycles. The summed E-state index contributed by atoms with van der Waals surface area (Å²) in [6.07, 6.45) is -3.91. The minimum Gasteiger partial charge on any atom is -0.387 e. The van der Waals surface area contributed by atoms with Crippen molar-refractivity contribution in [3.05, 3.63) is 32.6 Å². The number of nitrogens with zero attached hydrogens (tertiary/aromatic N) is 1. The summed E-state index contributed by atoms with van der Waals surface area (Å²) >= 11 is 3.93. The Bertz CT molecular complexity index is 558. The molecule has 0 radical (unpaired) electrons. The van der Waals surface area contributed by atoms with E-state index in [0.29, 0.717) is 0 Å². The number of alkyl halides is 1. The quantitative estimate of drug-likeness (QED) is 0.628. The SMILES string of the molecule is Cc1cn([C@@H]2O[C@H](CS)[C@@H](O)[C@@H]2F)c(=O)[nH]c1=O. The molecular weight excluding hydrogens is 263 g/mol. The molecule has 0 amide bonds. The molecule has 0 aliphatic carbocycles. The average molecular weight is 276 g/mol. The lowest BCUT2D eigenvalue weighted by Gasteiger charge is -2.16. The van der Waals surface area contributed by atoms with Gasteiger partial charge in [0.25, 0.3) is 5.56 Å². The number of aromatic nitrogens is 2. The van der Waals surface area contributed by atoms with E-state index >= 15 is 0 Å². The Morgan fingerprint density at radius 1 is 1.61 bits per heavy atom. The molecule has 0 spiro atoms. The number of halogens is 1. The Kier molecular flexibility index (Phi) is 3.60. The van der Waals surface area contributed by atoms with Crippen LogP contribution in [0.2, 0.25) is 0 Å². The molecule has 1 fully saturated rings. The Morgan fingerprint density at radius 3 is 2.83 bits per heavy atom. The van der Waals surface area contributed by atoms with Crippen LogP contribution in [0.4, 0.5) is 4.39 Å². The predicted octanol–water partition coefficient (Wildman–Crippen LogP) is -0.629. The molecule has 2 rings (SSSR count). The van der Waals surface area contributed by atoms with E-state index < -0.39 is 35.9 Å². The maximum absolute atomic E-state index is 13.9. The molecule has 1 saturated heterocycles. The smallest absolute Gasteiger partial charge is 0.330 e. The maximum Gasteiger partial charge on any atom is 0.330 e. The Morgan fingerprint density at radius 2 is 2.28 bits per heavy atom. The molecule has 6 nitrogen and oxygen atoms in total. The number of ether oxygens (including phenoxy) is 1. The van der Waals surface area contributed by atoms with E-state index in [1.807, 2.05) is 0 Å². The van der Waals surface area contributed by atoms with Crippen LogP contribution in [-0.2, 0) is 4.74 Å². The molecule has 0 unspecified atom stereocenters. The number of aryl methyl sites for hydroxylation is 1. The zero-order valence-electron chi connectivity index (χ0n) is 9.54. The standard InChI is InChI=1S/C10H13FN2O4S/c1-4-2-13(10(16)12-8(4)15)9-6(11)7(14)5(3-18)17-9/h2,5-7,9,14,18H,3H2,1H3,(H,12,15,16)/t5-,6+,7-,9-/m1/s1. The summed E-state index contributed by atoms with van der Waals surface area (Å²) < 4.78 is 20.0. The fraction of sp³-hybridized carbons (Fsp3) is 0.600. The van der Waals surface area contributed by atoms with Gasteiger partial charge in [0, 0.05) is 17.5 Å². The molecule has 8 heteroatoms. The number of hydrogen-bond acceptors (Lipinski definition) is 5. The van der Waals surface area contributed by atoms with E-state index in [0.717, 1.165) is 4.57 Å². The average Bonchev–Trinajstić information content (AvgIpc) is 2.61. The van der Waals surface area contributed by atoms with Crippen LogP contribution in [0.5, 0.6) is 0 Å². The number of aliphatic hydroxyl groups excluding tert-OH is 1. The van der Waals surface area contributed by atoms with Gasteiger partial charge in [-0.15, -0.1) is 0 Å². The van der Waals surface area contributed by atoms with Gasteiger partial charge in [-0.1, -0.05) is 0 Å². The summed E-state index contributed by atoms with van der Waals surface area (Å²) in [6, 6.07) is 0. The maximum atomic E-state index is 13.9. The van der Waals surface area contributed by atoms with E-state index in [1.165, 1.54) is 13.1 Å². The highest BCUT2D eigenvalue weighted by atomic mass is 32.1. The van der Waals surface area contributed by atoms with E-state index in [-0.39, 0.29) is 11.3 Å². The van der Waals surface area contributed by atoms with Crippen molar-refractivity contribution >= 4 is 12.6 Å². The molecule has 1 aromatic rings. The van der Waals surface area contributed by atoms with Crippen molar-refractivity contribution in [2.24, 2.45) is 0 Å². The number of thiol groups is 1. The summed E-state index contributed by atoms with van der Waals surface area (Å²) in [5.74, 6) is 0.134. The van der Waals surface area contributed by atoms with Crippen LogP contribution in [0.25, 0.3) is 0 Å². The summed E-state index contributed by atoms with van der Waals surface area (Å²) in [7, 11) is 0. The van der Waals surface area contributed by atoms with Crippen molar-refractivity contribution in [3.8, 4) is 0 Å². The predicted molar refractivity (Wildman–Crippen MR) is 64.7 cm³/mol. The van der Waals surface area contributed by atoms with Gasteiger partial charge in [0.15, 0.2) is 12.4 Å². The van der Waals surface area contributed by atoms with Crippen molar-refractivity contribution in [1.29, 1.82) is 0 Å². The van der Waals surface area contributed by atoms with Crippen LogP contribution in [0, 0.1) is 6.92 Å². The first-order chi connectivity index (χ1) is 8.45. The van der Waals surface area contributed by atoms with E-state index in [1.54, 1.807) is 0 Å². The molecule has 1 aliphatic rings. The first kappa shape index (κ1) is 13.3. The first-order valence-electron chi connectivity index (χ1n) is 5.36. The minimum atomic E-state index is -1.75. The van der Waals surface area contributed by atoms with Gasteiger partial charge < -0.3 is 9.84 Å². The zero-order valence-corrected chi connectivity index (χ0v) is 10.4. The molecule has 1 aliphatic heterocycles. The highest BCUT2D eigenvalue weighted by Gasteiger charge is 2.44. The van der Waals surface area contributed by atoms with Crippen LogP contribution in [-0.4, -0.2) is 38.8 Å². The van der Waals surface area contributed by atoms with E-state index in [2.05, 4.69) is 17.6 Å². The molecular formula is C10H13FN2O4S. The largest absolute Gasteiger partial charge is 0.387 e. The van der Waals surface area contributed by atoms with Crippen LogP contribution in [0.1, 0.15) is 11.8 Å². The molecule has 0 aromatic carbocycles. The Balaban J connectivity index is 2.42. The summed E-state index contributed by atoms with van der Waals surface area (Å²) in [5, 5.41) is 9.57. The van der Waals surface area contributed by atoms with Gasteiger partial charge in [-0.05, 0) is 6.92 Å². The lowest BCUT2D eigenvalue weighted by atomic mass is 10.2. The summed E-state index contributed by atoms with van der Waals surface area (Å²) in [4.78, 5) is 24.9. The second-order valence-corrected chi connectivity index (χ2v) is 4.53. The monoisotopic (exact) mass is 276 g/mol. The molecule has 2 N–H and O–H groups in total. The fourth-order valence-corrected chi connectivity index (χ4v) is 2.16. The van der Waals surface area contributed by atoms with Crippen molar-refractivity contribution in [1.82, 2.24) is 9.55 Å². The summed E-state index contributed by atoms with van der Waals surface area (Å²) in [6.45, 7) is 1.49. The molecule has 0 bridgehead atoms. The lowest BCUT2D eigenvalue weighted by molar-refractivity contribution is -0.0164. The number of aromatic amines is 1. The molecule has 100 valence electrons. The third-order valence-electron chi connectivity index (χ3n) is 2.89. The van der Waals surface area contributed by atoms with Gasteiger partial charge in [-0.25, -0.2) is 9.18 Å². The van der Waals surface area contributed by atoms with Crippen LogP contribution < -0.4 is 11.2 Å². The second-order valence-electron chi connectivity index (χ2n) is 4.16. The van der Waals surface area contributed by atoms with Gasteiger partial charge in [0.2, 0.25) is 0 Å².